The second-order valence-electron chi connectivity index (χ2n) is 5.06. The summed E-state index contributed by atoms with van der Waals surface area (Å²) in [5.74, 6) is -0.142. The van der Waals surface area contributed by atoms with Gasteiger partial charge in [0.1, 0.15) is 6.10 Å². The van der Waals surface area contributed by atoms with Gasteiger partial charge in [-0.1, -0.05) is 6.07 Å². The number of hydrogen-bond acceptors (Lipinski definition) is 4. The Kier molecular flexibility index (Phi) is 3.95. The first-order valence-electron chi connectivity index (χ1n) is 6.47. The molecule has 0 aromatic heterocycles. The molecule has 0 aliphatic carbocycles. The van der Waals surface area contributed by atoms with Crippen LogP contribution in [0.15, 0.2) is 18.2 Å². The second-order valence-corrected chi connectivity index (χ2v) is 5.06. The van der Waals surface area contributed by atoms with E-state index in [9.17, 15) is 4.79 Å². The third-order valence-corrected chi connectivity index (χ3v) is 3.25. The summed E-state index contributed by atoms with van der Waals surface area (Å²) < 4.78 is 11.6. The number of carbonyl (C=O) groups is 1. The number of primary amides is 1. The molecule has 1 amide bonds. The highest BCUT2D eigenvalue weighted by atomic mass is 16.5. The van der Waals surface area contributed by atoms with Crippen LogP contribution < -0.4 is 16.2 Å². The Morgan fingerprint density at radius 3 is 2.53 bits per heavy atom. The summed E-state index contributed by atoms with van der Waals surface area (Å²) in [4.78, 5) is 11.4. The van der Waals surface area contributed by atoms with Crippen LogP contribution >= 0.6 is 0 Å². The van der Waals surface area contributed by atoms with Gasteiger partial charge in [0.2, 0.25) is 0 Å². The van der Waals surface area contributed by atoms with Crippen molar-refractivity contribution < 1.29 is 14.3 Å². The smallest absolute Gasteiger partial charge is 0.252 e. The lowest BCUT2D eigenvalue weighted by Gasteiger charge is -2.32. The van der Waals surface area contributed by atoms with E-state index in [0.717, 1.165) is 12.8 Å². The topological polar surface area (TPSA) is 87.6 Å². The van der Waals surface area contributed by atoms with Crippen molar-refractivity contribution in [2.75, 3.05) is 5.73 Å². The number of anilines is 1. The average Bonchev–Trinajstić information content (AvgIpc) is 2.30. The van der Waals surface area contributed by atoms with Gasteiger partial charge in [0.15, 0.2) is 5.75 Å². The average molecular weight is 264 g/mol. The number of nitrogens with two attached hydrogens (primary N) is 2. The molecule has 0 saturated carbocycles. The molecule has 1 fully saturated rings. The van der Waals surface area contributed by atoms with Gasteiger partial charge in [0.25, 0.3) is 5.91 Å². The predicted molar refractivity (Wildman–Crippen MR) is 73.0 cm³/mol. The van der Waals surface area contributed by atoms with Crippen LogP contribution in [0, 0.1) is 0 Å². The Morgan fingerprint density at radius 1 is 1.32 bits per heavy atom. The van der Waals surface area contributed by atoms with Gasteiger partial charge >= 0.3 is 0 Å². The Morgan fingerprint density at radius 2 is 1.95 bits per heavy atom. The van der Waals surface area contributed by atoms with Gasteiger partial charge in [0, 0.05) is 12.8 Å². The van der Waals surface area contributed by atoms with Crippen LogP contribution in [0.1, 0.15) is 37.0 Å². The van der Waals surface area contributed by atoms with E-state index in [1.165, 1.54) is 0 Å². The van der Waals surface area contributed by atoms with Crippen LogP contribution in [-0.4, -0.2) is 24.2 Å². The third-order valence-electron chi connectivity index (χ3n) is 3.25. The monoisotopic (exact) mass is 264 g/mol. The van der Waals surface area contributed by atoms with E-state index < -0.39 is 5.91 Å². The van der Waals surface area contributed by atoms with Crippen molar-refractivity contribution in [2.24, 2.45) is 5.73 Å². The van der Waals surface area contributed by atoms with E-state index in [-0.39, 0.29) is 18.3 Å². The fraction of sp³-hybridized carbons (Fsp3) is 0.500. The van der Waals surface area contributed by atoms with Crippen LogP contribution in [0.2, 0.25) is 0 Å². The number of ether oxygens (including phenoxy) is 2. The summed E-state index contributed by atoms with van der Waals surface area (Å²) in [7, 11) is 0. The lowest BCUT2D eigenvalue weighted by molar-refractivity contribution is -0.0720. The van der Waals surface area contributed by atoms with Crippen LogP contribution in [0.25, 0.3) is 0 Å². The van der Waals surface area contributed by atoms with Gasteiger partial charge in [-0.25, -0.2) is 0 Å². The minimum atomic E-state index is -0.532. The maximum atomic E-state index is 11.4. The zero-order valence-electron chi connectivity index (χ0n) is 11.3. The van der Waals surface area contributed by atoms with Gasteiger partial charge in [-0.15, -0.1) is 0 Å². The minimum Gasteiger partial charge on any atom is -0.487 e. The largest absolute Gasteiger partial charge is 0.487 e. The number of nitrogen functional groups attached to an aromatic ring is 1. The molecule has 1 aliphatic heterocycles. The molecule has 1 aromatic rings. The van der Waals surface area contributed by atoms with Gasteiger partial charge in [-0.2, -0.15) is 0 Å². The molecular weight excluding hydrogens is 244 g/mol. The normalized spacial score (nSPS) is 26.9. The summed E-state index contributed by atoms with van der Waals surface area (Å²) in [6.07, 6.45) is 1.81. The molecule has 4 N–H and O–H groups in total. The lowest BCUT2D eigenvalue weighted by Crippen LogP contribution is -2.36. The summed E-state index contributed by atoms with van der Waals surface area (Å²) in [6.45, 7) is 4.02. The Labute approximate surface area is 112 Å². The maximum Gasteiger partial charge on any atom is 0.252 e. The van der Waals surface area contributed by atoms with Crippen LogP contribution in [0.5, 0.6) is 5.75 Å². The minimum absolute atomic E-state index is 0.0125. The van der Waals surface area contributed by atoms with Gasteiger partial charge in [-0.3, -0.25) is 4.79 Å². The Hall–Kier alpha value is -1.75. The molecule has 0 radical (unpaired) electrons. The zero-order valence-corrected chi connectivity index (χ0v) is 11.3. The zero-order chi connectivity index (χ0) is 14.0. The molecule has 0 bridgehead atoms. The number of para-hydroxylation sites is 1. The molecule has 5 heteroatoms. The number of benzene rings is 1. The fourth-order valence-corrected chi connectivity index (χ4v) is 2.49. The molecule has 2 rings (SSSR count). The van der Waals surface area contributed by atoms with Crippen LogP contribution in [0.4, 0.5) is 5.69 Å². The van der Waals surface area contributed by atoms with Crippen molar-refractivity contribution in [2.45, 2.75) is 45.0 Å². The molecule has 1 saturated heterocycles. The number of carbonyl (C=O) groups excluding carboxylic acids is 1. The highest BCUT2D eigenvalue weighted by Gasteiger charge is 2.27. The molecule has 19 heavy (non-hydrogen) atoms. The summed E-state index contributed by atoms with van der Waals surface area (Å²) in [5, 5.41) is 0. The summed E-state index contributed by atoms with van der Waals surface area (Å²) >= 11 is 0. The van der Waals surface area contributed by atoms with Crippen molar-refractivity contribution in [1.82, 2.24) is 0 Å². The van der Waals surface area contributed by atoms with Crippen molar-refractivity contribution in [3.05, 3.63) is 23.8 Å². The van der Waals surface area contributed by atoms with Crippen molar-refractivity contribution in [3.63, 3.8) is 0 Å². The Balaban J connectivity index is 2.21. The van der Waals surface area contributed by atoms with Gasteiger partial charge in [-0.05, 0) is 26.0 Å². The predicted octanol–water partition coefficient (Wildman–Crippen LogP) is 1.70. The van der Waals surface area contributed by atoms with Gasteiger partial charge < -0.3 is 20.9 Å². The van der Waals surface area contributed by atoms with Crippen molar-refractivity contribution >= 4 is 11.6 Å². The molecule has 104 valence electrons. The molecule has 1 heterocycles. The molecule has 2 atom stereocenters. The fourth-order valence-electron chi connectivity index (χ4n) is 2.49. The summed E-state index contributed by atoms with van der Waals surface area (Å²) in [6, 6.07) is 5.02. The first-order chi connectivity index (χ1) is 8.97. The second kappa shape index (κ2) is 5.48. The van der Waals surface area contributed by atoms with Crippen LogP contribution in [-0.2, 0) is 4.74 Å². The van der Waals surface area contributed by atoms with E-state index in [4.69, 9.17) is 20.9 Å². The molecule has 1 aromatic carbocycles. The van der Waals surface area contributed by atoms with Crippen LogP contribution in [0.3, 0.4) is 0 Å². The maximum absolute atomic E-state index is 11.4. The third kappa shape index (κ3) is 3.17. The van der Waals surface area contributed by atoms with E-state index in [1.54, 1.807) is 18.2 Å². The number of rotatable bonds is 3. The number of hydrogen-bond donors (Lipinski definition) is 2. The highest BCUT2D eigenvalue weighted by Crippen LogP contribution is 2.31. The number of amides is 1. The quantitative estimate of drug-likeness (QED) is 0.813. The first kappa shape index (κ1) is 13.7. The highest BCUT2D eigenvalue weighted by molar-refractivity contribution is 5.97. The van der Waals surface area contributed by atoms with E-state index in [2.05, 4.69) is 0 Å². The van der Waals surface area contributed by atoms with E-state index in [1.807, 2.05) is 13.8 Å². The lowest BCUT2D eigenvalue weighted by atomic mass is 10.0. The molecule has 1 aliphatic rings. The first-order valence-corrected chi connectivity index (χ1v) is 6.47. The summed E-state index contributed by atoms with van der Waals surface area (Å²) in [5.41, 5.74) is 12.0. The van der Waals surface area contributed by atoms with E-state index >= 15 is 0 Å². The molecule has 2 unspecified atom stereocenters. The molecule has 0 spiro atoms. The molecular formula is C14H20N2O3. The van der Waals surface area contributed by atoms with Crippen molar-refractivity contribution in [3.8, 4) is 5.75 Å². The Bertz CT molecular complexity index is 466. The SMILES string of the molecule is CC1CC(Oc2c(N)cccc2C(N)=O)CC(C)O1. The van der Waals surface area contributed by atoms with Gasteiger partial charge in [0.05, 0.1) is 23.5 Å². The molecule has 5 nitrogen and oxygen atoms in total. The van der Waals surface area contributed by atoms with Crippen molar-refractivity contribution in [1.29, 1.82) is 0 Å². The van der Waals surface area contributed by atoms with E-state index in [0.29, 0.717) is 17.0 Å². The standard InChI is InChI=1S/C14H20N2O3/c1-8-6-10(7-9(2)18-8)19-13-11(14(16)17)4-3-5-12(13)15/h3-5,8-10H,6-7,15H2,1-2H3,(H2,16,17).